The van der Waals surface area contributed by atoms with E-state index in [1.807, 2.05) is 24.3 Å². The van der Waals surface area contributed by atoms with Crippen LogP contribution in [0.2, 0.25) is 0 Å². The standard InChI is InChI=1S/C15H15NO2S/c1-3-9-16-14(17)13(19-15(16)18)10-12-7-5-11(4-2)6-8-12/h3,5-8,10H,1,4,9H2,2H3/b13-10+. The molecule has 1 aromatic rings. The van der Waals surface area contributed by atoms with Crippen molar-refractivity contribution in [1.82, 2.24) is 4.90 Å². The van der Waals surface area contributed by atoms with Crippen molar-refractivity contribution in [3.8, 4) is 0 Å². The number of rotatable bonds is 4. The summed E-state index contributed by atoms with van der Waals surface area (Å²) in [5, 5.41) is -0.235. The van der Waals surface area contributed by atoms with E-state index < -0.39 is 0 Å². The molecule has 0 atom stereocenters. The highest BCUT2D eigenvalue weighted by Gasteiger charge is 2.33. The molecule has 1 fully saturated rings. The molecule has 98 valence electrons. The van der Waals surface area contributed by atoms with Crippen LogP contribution in [0.4, 0.5) is 4.79 Å². The van der Waals surface area contributed by atoms with Crippen LogP contribution < -0.4 is 0 Å². The molecule has 0 bridgehead atoms. The maximum Gasteiger partial charge on any atom is 0.293 e. The molecule has 0 radical (unpaired) electrons. The molecule has 1 heterocycles. The van der Waals surface area contributed by atoms with Crippen molar-refractivity contribution >= 4 is 29.0 Å². The fourth-order valence-corrected chi connectivity index (χ4v) is 2.64. The van der Waals surface area contributed by atoms with Crippen LogP contribution in [0.5, 0.6) is 0 Å². The normalized spacial score (nSPS) is 17.3. The molecule has 1 aliphatic heterocycles. The molecule has 4 heteroatoms. The Kier molecular flexibility index (Phi) is 4.22. The highest BCUT2D eigenvalue weighted by molar-refractivity contribution is 8.18. The number of nitrogens with zero attached hydrogens (tertiary/aromatic N) is 1. The quantitative estimate of drug-likeness (QED) is 0.622. The van der Waals surface area contributed by atoms with Gasteiger partial charge in [-0.25, -0.2) is 0 Å². The first kappa shape index (κ1) is 13.6. The zero-order chi connectivity index (χ0) is 13.8. The first-order chi connectivity index (χ1) is 9.15. The molecule has 2 amide bonds. The van der Waals surface area contributed by atoms with Gasteiger partial charge >= 0.3 is 0 Å². The summed E-state index contributed by atoms with van der Waals surface area (Å²) in [7, 11) is 0. The summed E-state index contributed by atoms with van der Waals surface area (Å²) in [5.74, 6) is -0.241. The fourth-order valence-electron chi connectivity index (χ4n) is 1.79. The van der Waals surface area contributed by atoms with Gasteiger partial charge in [-0.1, -0.05) is 37.3 Å². The predicted octanol–water partition coefficient (Wildman–Crippen LogP) is 3.47. The van der Waals surface area contributed by atoms with E-state index in [2.05, 4.69) is 13.5 Å². The lowest BCUT2D eigenvalue weighted by Gasteiger charge is -2.07. The number of thioether (sulfide) groups is 1. The molecule has 1 aliphatic rings. The average molecular weight is 273 g/mol. The molecular weight excluding hydrogens is 258 g/mol. The Morgan fingerprint density at radius 1 is 1.26 bits per heavy atom. The smallest absolute Gasteiger partial charge is 0.268 e. The highest BCUT2D eigenvalue weighted by Crippen LogP contribution is 2.31. The third kappa shape index (κ3) is 2.96. The molecule has 2 rings (SSSR count). The topological polar surface area (TPSA) is 37.4 Å². The molecule has 0 unspecified atom stereocenters. The lowest BCUT2D eigenvalue weighted by Crippen LogP contribution is -2.27. The van der Waals surface area contributed by atoms with E-state index in [1.165, 1.54) is 10.5 Å². The van der Waals surface area contributed by atoms with Crippen molar-refractivity contribution in [3.63, 3.8) is 0 Å². The summed E-state index contributed by atoms with van der Waals surface area (Å²) in [5.41, 5.74) is 2.18. The SMILES string of the molecule is C=CCN1C(=O)S/C(=C/c2ccc(CC)cc2)C1=O. The molecule has 0 saturated carbocycles. The maximum absolute atomic E-state index is 12.0. The Morgan fingerprint density at radius 3 is 2.53 bits per heavy atom. The lowest BCUT2D eigenvalue weighted by molar-refractivity contribution is -0.122. The van der Waals surface area contributed by atoms with Gasteiger partial charge in [-0.05, 0) is 35.4 Å². The van der Waals surface area contributed by atoms with E-state index in [0.29, 0.717) is 4.91 Å². The second-order valence-electron chi connectivity index (χ2n) is 4.18. The van der Waals surface area contributed by atoms with Crippen molar-refractivity contribution in [2.24, 2.45) is 0 Å². The number of aryl methyl sites for hydroxylation is 1. The van der Waals surface area contributed by atoms with E-state index in [-0.39, 0.29) is 17.7 Å². The minimum absolute atomic E-state index is 0.235. The Labute approximate surface area is 117 Å². The van der Waals surface area contributed by atoms with Crippen LogP contribution in [-0.4, -0.2) is 22.6 Å². The monoisotopic (exact) mass is 273 g/mol. The summed E-state index contributed by atoms with van der Waals surface area (Å²) in [6.45, 7) is 5.90. The van der Waals surface area contributed by atoms with E-state index in [1.54, 1.807) is 12.2 Å². The molecule has 0 aliphatic carbocycles. The Morgan fingerprint density at radius 2 is 1.95 bits per heavy atom. The van der Waals surface area contributed by atoms with Crippen molar-refractivity contribution in [3.05, 3.63) is 53.0 Å². The van der Waals surface area contributed by atoms with Crippen molar-refractivity contribution in [1.29, 1.82) is 0 Å². The molecule has 0 N–H and O–H groups in total. The van der Waals surface area contributed by atoms with Gasteiger partial charge in [0.2, 0.25) is 0 Å². The second-order valence-corrected chi connectivity index (χ2v) is 5.17. The summed E-state index contributed by atoms with van der Waals surface area (Å²) < 4.78 is 0. The van der Waals surface area contributed by atoms with Crippen molar-refractivity contribution in [2.75, 3.05) is 6.54 Å². The van der Waals surface area contributed by atoms with Crippen LogP contribution in [0.3, 0.4) is 0 Å². The summed E-state index contributed by atoms with van der Waals surface area (Å²) in [4.78, 5) is 25.3. The fraction of sp³-hybridized carbons (Fsp3) is 0.200. The van der Waals surface area contributed by atoms with Gasteiger partial charge in [-0.2, -0.15) is 0 Å². The number of carbonyl (C=O) groups excluding carboxylic acids is 2. The summed E-state index contributed by atoms with van der Waals surface area (Å²) in [6.07, 6.45) is 4.29. The molecular formula is C15H15NO2S. The molecule has 1 aromatic carbocycles. The van der Waals surface area contributed by atoms with Gasteiger partial charge in [0.05, 0.1) is 4.91 Å². The zero-order valence-electron chi connectivity index (χ0n) is 10.8. The van der Waals surface area contributed by atoms with Gasteiger partial charge in [0.1, 0.15) is 0 Å². The van der Waals surface area contributed by atoms with E-state index >= 15 is 0 Å². The van der Waals surface area contributed by atoms with Gasteiger partial charge in [-0.3, -0.25) is 14.5 Å². The third-order valence-corrected chi connectivity index (χ3v) is 3.78. The third-order valence-electron chi connectivity index (χ3n) is 2.87. The average Bonchev–Trinajstić information content (AvgIpc) is 2.68. The summed E-state index contributed by atoms with van der Waals surface area (Å²) in [6, 6.07) is 7.97. The van der Waals surface area contributed by atoms with Gasteiger partial charge < -0.3 is 0 Å². The number of amides is 2. The van der Waals surface area contributed by atoms with Crippen LogP contribution in [0.1, 0.15) is 18.1 Å². The van der Waals surface area contributed by atoms with Crippen molar-refractivity contribution < 1.29 is 9.59 Å². The van der Waals surface area contributed by atoms with E-state index in [0.717, 1.165) is 23.7 Å². The van der Waals surface area contributed by atoms with Crippen LogP contribution in [0, 0.1) is 0 Å². The molecule has 19 heavy (non-hydrogen) atoms. The lowest BCUT2D eigenvalue weighted by atomic mass is 10.1. The molecule has 0 spiro atoms. The number of carbonyl (C=O) groups is 2. The zero-order valence-corrected chi connectivity index (χ0v) is 11.6. The first-order valence-corrected chi connectivity index (χ1v) is 6.92. The number of imide groups is 1. The Bertz CT molecular complexity index is 546. The van der Waals surface area contributed by atoms with Gasteiger partial charge in [0, 0.05) is 6.54 Å². The molecule has 1 saturated heterocycles. The minimum Gasteiger partial charge on any atom is -0.268 e. The minimum atomic E-state index is -0.241. The van der Waals surface area contributed by atoms with E-state index in [4.69, 9.17) is 0 Å². The predicted molar refractivity (Wildman–Crippen MR) is 78.7 cm³/mol. The maximum atomic E-state index is 12.0. The van der Waals surface area contributed by atoms with Gasteiger partial charge in [0.15, 0.2) is 0 Å². The Balaban J connectivity index is 2.21. The van der Waals surface area contributed by atoms with Crippen molar-refractivity contribution in [2.45, 2.75) is 13.3 Å². The van der Waals surface area contributed by atoms with Gasteiger partial charge in [0.25, 0.3) is 11.1 Å². The summed E-state index contributed by atoms with van der Waals surface area (Å²) >= 11 is 0.977. The largest absolute Gasteiger partial charge is 0.293 e. The second kappa shape index (κ2) is 5.89. The van der Waals surface area contributed by atoms with Gasteiger partial charge in [-0.15, -0.1) is 6.58 Å². The van der Waals surface area contributed by atoms with Crippen LogP contribution in [0.25, 0.3) is 6.08 Å². The van der Waals surface area contributed by atoms with E-state index in [9.17, 15) is 9.59 Å². The Hall–Kier alpha value is -1.81. The number of benzene rings is 1. The van der Waals surface area contributed by atoms with Crippen LogP contribution in [0.15, 0.2) is 41.8 Å². The van der Waals surface area contributed by atoms with Crippen LogP contribution >= 0.6 is 11.8 Å². The number of hydrogen-bond acceptors (Lipinski definition) is 3. The van der Waals surface area contributed by atoms with Crippen LogP contribution in [-0.2, 0) is 11.2 Å². The highest BCUT2D eigenvalue weighted by atomic mass is 32.2. The number of hydrogen-bond donors (Lipinski definition) is 0. The molecule has 3 nitrogen and oxygen atoms in total. The molecule has 0 aromatic heterocycles. The first-order valence-electron chi connectivity index (χ1n) is 6.11.